The normalized spacial score (nSPS) is 21.1. The smallest absolute Gasteiger partial charge is 0.349 e. The highest BCUT2D eigenvalue weighted by atomic mass is 16.5. The van der Waals surface area contributed by atoms with Gasteiger partial charge in [0.05, 0.1) is 6.10 Å². The van der Waals surface area contributed by atoms with Crippen LogP contribution >= 0.6 is 0 Å². The third-order valence-corrected chi connectivity index (χ3v) is 7.58. The minimum atomic E-state index is -0.597. The average molecular weight is 505 g/mol. The molecule has 6 rings (SSSR count). The first kappa shape index (κ1) is 23.9. The van der Waals surface area contributed by atoms with Crippen molar-refractivity contribution in [3.8, 4) is 0 Å². The summed E-state index contributed by atoms with van der Waals surface area (Å²) in [7, 11) is 0. The first-order chi connectivity index (χ1) is 18.1. The average Bonchev–Trinajstić information content (AvgIpc) is 3.46. The van der Waals surface area contributed by atoms with Gasteiger partial charge >= 0.3 is 5.63 Å². The molecule has 5 heterocycles. The highest BCUT2D eigenvalue weighted by Gasteiger charge is 2.27. The van der Waals surface area contributed by atoms with Crippen molar-refractivity contribution in [1.29, 1.82) is 0 Å². The molecule has 3 fully saturated rings. The summed E-state index contributed by atoms with van der Waals surface area (Å²) in [6.45, 7) is 8.07. The molecule has 3 aliphatic rings. The van der Waals surface area contributed by atoms with Crippen LogP contribution in [0.2, 0.25) is 0 Å². The highest BCUT2D eigenvalue weighted by Crippen LogP contribution is 2.20. The molecule has 194 valence electrons. The van der Waals surface area contributed by atoms with Crippen LogP contribution in [0.15, 0.2) is 51.7 Å². The maximum absolute atomic E-state index is 13.1. The number of hydrogen-bond donors (Lipinski definition) is 0. The second-order valence-corrected chi connectivity index (χ2v) is 9.94. The van der Waals surface area contributed by atoms with Crippen molar-refractivity contribution in [3.63, 3.8) is 0 Å². The number of aromatic nitrogens is 2. The van der Waals surface area contributed by atoms with E-state index in [1.165, 1.54) is 12.8 Å². The summed E-state index contributed by atoms with van der Waals surface area (Å²) in [5.74, 6) is 1.41. The predicted octanol–water partition coefficient (Wildman–Crippen LogP) is 1.85. The highest BCUT2D eigenvalue weighted by molar-refractivity contribution is 5.96. The van der Waals surface area contributed by atoms with E-state index in [0.717, 1.165) is 56.4 Å². The first-order valence-corrected chi connectivity index (χ1v) is 13.1. The molecule has 3 aliphatic heterocycles. The van der Waals surface area contributed by atoms with Crippen LogP contribution < -0.4 is 15.4 Å². The predicted molar refractivity (Wildman–Crippen MR) is 140 cm³/mol. The standard InChI is InChI=1S/C27H32N6O4/c34-26(22-18-20-4-1-2-6-23(20)37-27(22)35)33-15-13-32(14-16-33)25-8-7-24(28-29-25)31-11-9-30(10-12-31)19-21-5-3-17-36-21/h1-2,4,6-8,18,21H,3,5,9-17,19H2. The van der Waals surface area contributed by atoms with E-state index in [1.54, 1.807) is 23.1 Å². The van der Waals surface area contributed by atoms with Crippen molar-refractivity contribution >= 4 is 28.5 Å². The summed E-state index contributed by atoms with van der Waals surface area (Å²) in [4.78, 5) is 34.1. The van der Waals surface area contributed by atoms with Crippen LogP contribution in [-0.4, -0.2) is 97.5 Å². The molecule has 0 radical (unpaired) electrons. The van der Waals surface area contributed by atoms with Crippen LogP contribution in [0.5, 0.6) is 0 Å². The Morgan fingerprint density at radius 1 is 0.892 bits per heavy atom. The lowest BCUT2D eigenvalue weighted by atomic mass is 10.1. The third-order valence-electron chi connectivity index (χ3n) is 7.58. The molecular formula is C27H32N6O4. The number of hydrogen-bond acceptors (Lipinski definition) is 9. The Hall–Kier alpha value is -3.50. The Morgan fingerprint density at radius 3 is 2.22 bits per heavy atom. The van der Waals surface area contributed by atoms with Gasteiger partial charge in [-0.05, 0) is 37.1 Å². The van der Waals surface area contributed by atoms with Gasteiger partial charge in [-0.25, -0.2) is 4.79 Å². The van der Waals surface area contributed by atoms with Gasteiger partial charge in [-0.3, -0.25) is 9.69 Å². The topological polar surface area (TPSA) is 95.3 Å². The van der Waals surface area contributed by atoms with Gasteiger partial charge < -0.3 is 23.9 Å². The first-order valence-electron chi connectivity index (χ1n) is 13.1. The van der Waals surface area contributed by atoms with Crippen molar-refractivity contribution in [3.05, 3.63) is 58.4 Å². The fraction of sp³-hybridized carbons (Fsp3) is 0.481. The van der Waals surface area contributed by atoms with Crippen LogP contribution in [0.1, 0.15) is 23.2 Å². The third kappa shape index (κ3) is 5.17. The second-order valence-electron chi connectivity index (χ2n) is 9.94. The Labute approximate surface area is 215 Å². The van der Waals surface area contributed by atoms with Gasteiger partial charge in [-0.1, -0.05) is 18.2 Å². The Balaban J connectivity index is 1.02. The van der Waals surface area contributed by atoms with Crippen molar-refractivity contribution in [1.82, 2.24) is 20.0 Å². The summed E-state index contributed by atoms with van der Waals surface area (Å²) in [5, 5.41) is 9.73. The van der Waals surface area contributed by atoms with E-state index in [9.17, 15) is 9.59 Å². The monoisotopic (exact) mass is 504 g/mol. The number of nitrogens with zero attached hydrogens (tertiary/aromatic N) is 6. The SMILES string of the molecule is O=C(c1cc2ccccc2oc1=O)N1CCN(c2ccc(N3CCN(CC4CCCO4)CC3)nn2)CC1. The molecule has 0 saturated carbocycles. The van der Waals surface area contributed by atoms with E-state index < -0.39 is 5.63 Å². The van der Waals surface area contributed by atoms with Crippen molar-refractivity contribution in [2.45, 2.75) is 18.9 Å². The second kappa shape index (κ2) is 10.5. The Kier molecular flexibility index (Phi) is 6.75. The van der Waals surface area contributed by atoms with Gasteiger partial charge in [0.2, 0.25) is 0 Å². The van der Waals surface area contributed by atoms with Crippen LogP contribution in [0.3, 0.4) is 0 Å². The van der Waals surface area contributed by atoms with E-state index in [1.807, 2.05) is 24.3 Å². The van der Waals surface area contributed by atoms with E-state index in [0.29, 0.717) is 37.9 Å². The van der Waals surface area contributed by atoms with Crippen LogP contribution in [-0.2, 0) is 4.74 Å². The molecule has 37 heavy (non-hydrogen) atoms. The molecule has 0 bridgehead atoms. The Morgan fingerprint density at radius 2 is 1.57 bits per heavy atom. The summed E-state index contributed by atoms with van der Waals surface area (Å²) >= 11 is 0. The fourth-order valence-corrected chi connectivity index (χ4v) is 5.41. The number of amides is 1. The minimum absolute atomic E-state index is 0.0761. The van der Waals surface area contributed by atoms with Crippen LogP contribution in [0.4, 0.5) is 11.6 Å². The number of carbonyl (C=O) groups is 1. The quantitative estimate of drug-likeness (QED) is 0.483. The molecule has 3 aromatic rings. The maximum Gasteiger partial charge on any atom is 0.349 e. The zero-order valence-corrected chi connectivity index (χ0v) is 20.9. The summed E-state index contributed by atoms with van der Waals surface area (Å²) in [6.07, 6.45) is 2.75. The molecule has 1 amide bonds. The van der Waals surface area contributed by atoms with Gasteiger partial charge in [-0.2, -0.15) is 0 Å². The molecular weight excluding hydrogens is 472 g/mol. The van der Waals surface area contributed by atoms with Crippen LogP contribution in [0, 0.1) is 0 Å². The lowest BCUT2D eigenvalue weighted by molar-refractivity contribution is 0.0712. The lowest BCUT2D eigenvalue weighted by Gasteiger charge is -2.37. The van der Waals surface area contributed by atoms with Crippen molar-refractivity contribution in [2.75, 3.05) is 75.3 Å². The minimum Gasteiger partial charge on any atom is -0.422 e. The fourth-order valence-electron chi connectivity index (χ4n) is 5.41. The van der Waals surface area contributed by atoms with E-state index in [-0.39, 0.29) is 11.5 Å². The van der Waals surface area contributed by atoms with Gasteiger partial charge in [0, 0.05) is 70.9 Å². The molecule has 10 heteroatoms. The van der Waals surface area contributed by atoms with Crippen LogP contribution in [0.25, 0.3) is 11.0 Å². The molecule has 0 aliphatic carbocycles. The summed E-state index contributed by atoms with van der Waals surface area (Å²) < 4.78 is 11.1. The molecule has 0 N–H and O–H groups in total. The lowest BCUT2D eigenvalue weighted by Crippen LogP contribution is -2.50. The molecule has 0 spiro atoms. The maximum atomic E-state index is 13.1. The van der Waals surface area contributed by atoms with Crippen molar-refractivity contribution < 1.29 is 13.9 Å². The van der Waals surface area contributed by atoms with E-state index >= 15 is 0 Å². The number of para-hydroxylation sites is 1. The number of rotatable bonds is 5. The van der Waals surface area contributed by atoms with Gasteiger partial charge in [0.15, 0.2) is 11.6 Å². The molecule has 1 unspecified atom stereocenters. The van der Waals surface area contributed by atoms with E-state index in [4.69, 9.17) is 9.15 Å². The molecule has 10 nitrogen and oxygen atoms in total. The molecule has 1 aromatic carbocycles. The summed E-state index contributed by atoms with van der Waals surface area (Å²) in [5.41, 5.74) is -0.0381. The molecule has 3 saturated heterocycles. The van der Waals surface area contributed by atoms with E-state index in [2.05, 4.69) is 24.9 Å². The number of fused-ring (bicyclic) bond motifs is 1. The zero-order valence-electron chi connectivity index (χ0n) is 20.9. The number of piperazine rings is 2. The molecule has 2 aromatic heterocycles. The molecule has 1 atom stereocenters. The number of carbonyl (C=O) groups excluding carboxylic acids is 1. The van der Waals surface area contributed by atoms with Gasteiger partial charge in [0.25, 0.3) is 5.91 Å². The van der Waals surface area contributed by atoms with Crippen molar-refractivity contribution in [2.24, 2.45) is 0 Å². The number of benzene rings is 1. The van der Waals surface area contributed by atoms with Gasteiger partial charge in [0.1, 0.15) is 11.1 Å². The Bertz CT molecular complexity index is 1290. The number of ether oxygens (including phenoxy) is 1. The summed E-state index contributed by atoms with van der Waals surface area (Å²) in [6, 6.07) is 12.9. The van der Waals surface area contributed by atoms with Gasteiger partial charge in [-0.15, -0.1) is 10.2 Å². The number of anilines is 2. The largest absolute Gasteiger partial charge is 0.422 e. The zero-order chi connectivity index (χ0) is 25.2.